The second-order valence-corrected chi connectivity index (χ2v) is 5.44. The van der Waals surface area contributed by atoms with Gasteiger partial charge >= 0.3 is 0 Å². The molecule has 0 atom stereocenters. The molecule has 0 unspecified atom stereocenters. The maximum atomic E-state index is 13.8. The van der Waals surface area contributed by atoms with Gasteiger partial charge in [0.1, 0.15) is 5.69 Å². The first-order valence-electron chi connectivity index (χ1n) is 7.75. The summed E-state index contributed by atoms with van der Waals surface area (Å²) in [7, 11) is 0. The molecule has 128 valence electrons. The summed E-state index contributed by atoms with van der Waals surface area (Å²) in [5.74, 6) is -0.964. The molecule has 0 fully saturated rings. The van der Waals surface area contributed by atoms with E-state index < -0.39 is 11.9 Å². The third-order valence-corrected chi connectivity index (χ3v) is 3.64. The van der Waals surface area contributed by atoms with Crippen LogP contribution in [-0.4, -0.2) is 32.1 Å². The number of H-pyrrole nitrogens is 1. The molecule has 2 heterocycles. The van der Waals surface area contributed by atoms with Crippen molar-refractivity contribution in [2.45, 2.75) is 20.4 Å². The molecule has 3 rings (SSSR count). The molecule has 0 radical (unpaired) electrons. The minimum absolute atomic E-state index is 0.201. The zero-order valence-corrected chi connectivity index (χ0v) is 13.8. The predicted molar refractivity (Wildman–Crippen MR) is 91.7 cm³/mol. The molecule has 0 aliphatic rings. The van der Waals surface area contributed by atoms with Crippen molar-refractivity contribution >= 4 is 12.1 Å². The monoisotopic (exact) mass is 340 g/mol. The Hall–Kier alpha value is -3.29. The number of carbonyl (C=O) groups excluding carboxylic acids is 1. The number of rotatable bonds is 5. The van der Waals surface area contributed by atoms with Gasteiger partial charge in [-0.1, -0.05) is 29.8 Å². The standard InChI is InChI=1S/C17H17FN6O/c1-3-24-16(18)13(10-20-24)9-19-23-17(25)15-8-14(21-22-15)12-6-4-11(2)5-7-12/h4-10H,3H2,1-2H3,(H,21,22)(H,23,25)/b19-9+. The Morgan fingerprint density at radius 2 is 2.16 bits per heavy atom. The van der Waals surface area contributed by atoms with Gasteiger partial charge in [-0.2, -0.15) is 19.7 Å². The van der Waals surface area contributed by atoms with Gasteiger partial charge in [-0.3, -0.25) is 9.89 Å². The number of hydrazone groups is 1. The van der Waals surface area contributed by atoms with E-state index in [0.717, 1.165) is 11.1 Å². The molecule has 0 saturated carbocycles. The Morgan fingerprint density at radius 1 is 1.40 bits per heavy atom. The molecule has 1 aromatic carbocycles. The summed E-state index contributed by atoms with van der Waals surface area (Å²) in [4.78, 5) is 12.1. The molecule has 3 aromatic rings. The van der Waals surface area contributed by atoms with Crippen molar-refractivity contribution in [1.29, 1.82) is 0 Å². The van der Waals surface area contributed by atoms with Crippen LogP contribution in [0.1, 0.15) is 28.5 Å². The first-order valence-corrected chi connectivity index (χ1v) is 7.75. The van der Waals surface area contributed by atoms with Crippen LogP contribution in [0, 0.1) is 12.9 Å². The average Bonchev–Trinajstić information content (AvgIpc) is 3.23. The Balaban J connectivity index is 1.66. The quantitative estimate of drug-likeness (QED) is 0.552. The number of hydrogen-bond acceptors (Lipinski definition) is 4. The lowest BCUT2D eigenvalue weighted by Crippen LogP contribution is -2.18. The predicted octanol–water partition coefficient (Wildman–Crippen LogP) is 2.50. The number of aryl methyl sites for hydroxylation is 2. The maximum Gasteiger partial charge on any atom is 0.289 e. The van der Waals surface area contributed by atoms with E-state index in [2.05, 4.69) is 25.8 Å². The van der Waals surface area contributed by atoms with Crippen LogP contribution >= 0.6 is 0 Å². The highest BCUT2D eigenvalue weighted by Crippen LogP contribution is 2.18. The van der Waals surface area contributed by atoms with Crippen LogP contribution in [0.5, 0.6) is 0 Å². The molecule has 0 saturated heterocycles. The van der Waals surface area contributed by atoms with Gasteiger partial charge < -0.3 is 0 Å². The van der Waals surface area contributed by atoms with Crippen LogP contribution in [0.25, 0.3) is 11.3 Å². The number of aromatic amines is 1. The minimum atomic E-state index is -0.497. The molecule has 0 aliphatic carbocycles. The SMILES string of the molecule is CCn1ncc(/C=N/NC(=O)c2cc(-c3ccc(C)cc3)n[nH]2)c1F. The third-order valence-electron chi connectivity index (χ3n) is 3.64. The first-order chi connectivity index (χ1) is 12.1. The van der Waals surface area contributed by atoms with Crippen LogP contribution in [0.2, 0.25) is 0 Å². The van der Waals surface area contributed by atoms with Gasteiger partial charge in [-0.05, 0) is 19.9 Å². The zero-order chi connectivity index (χ0) is 17.8. The molecular weight excluding hydrogens is 323 g/mol. The molecule has 25 heavy (non-hydrogen) atoms. The number of hydrogen-bond donors (Lipinski definition) is 2. The Labute approximate surface area is 143 Å². The highest BCUT2D eigenvalue weighted by atomic mass is 19.1. The van der Waals surface area contributed by atoms with E-state index in [-0.39, 0.29) is 11.3 Å². The molecule has 0 spiro atoms. The van der Waals surface area contributed by atoms with E-state index in [0.29, 0.717) is 12.2 Å². The number of nitrogens with zero attached hydrogens (tertiary/aromatic N) is 4. The summed E-state index contributed by atoms with van der Waals surface area (Å²) in [5.41, 5.74) is 5.50. The fourth-order valence-corrected chi connectivity index (χ4v) is 2.22. The van der Waals surface area contributed by atoms with Crippen LogP contribution < -0.4 is 5.43 Å². The fraction of sp³-hybridized carbons (Fsp3) is 0.176. The topological polar surface area (TPSA) is 88.0 Å². The lowest BCUT2D eigenvalue weighted by Gasteiger charge is -1.96. The van der Waals surface area contributed by atoms with Crippen molar-refractivity contribution in [2.24, 2.45) is 5.10 Å². The third kappa shape index (κ3) is 3.63. The molecule has 2 N–H and O–H groups in total. The van der Waals surface area contributed by atoms with Crippen molar-refractivity contribution < 1.29 is 9.18 Å². The first kappa shape index (κ1) is 16.6. The molecule has 0 aliphatic heterocycles. The van der Waals surface area contributed by atoms with E-state index in [1.54, 1.807) is 13.0 Å². The van der Waals surface area contributed by atoms with Crippen LogP contribution in [0.4, 0.5) is 4.39 Å². The van der Waals surface area contributed by atoms with E-state index >= 15 is 0 Å². The van der Waals surface area contributed by atoms with Gasteiger partial charge in [0, 0.05) is 12.1 Å². The maximum absolute atomic E-state index is 13.8. The Bertz CT molecular complexity index is 910. The highest BCUT2D eigenvalue weighted by molar-refractivity contribution is 5.94. The average molecular weight is 340 g/mol. The number of amides is 1. The summed E-state index contributed by atoms with van der Waals surface area (Å²) < 4.78 is 15.0. The summed E-state index contributed by atoms with van der Waals surface area (Å²) in [5, 5.41) is 14.4. The van der Waals surface area contributed by atoms with Gasteiger partial charge in [-0.15, -0.1) is 0 Å². The van der Waals surface area contributed by atoms with E-state index in [1.165, 1.54) is 17.1 Å². The normalized spacial score (nSPS) is 11.2. The molecule has 8 heteroatoms. The van der Waals surface area contributed by atoms with Crippen LogP contribution in [0.15, 0.2) is 41.6 Å². The van der Waals surface area contributed by atoms with Gasteiger partial charge in [0.05, 0.1) is 23.7 Å². The zero-order valence-electron chi connectivity index (χ0n) is 13.8. The number of halogens is 1. The second-order valence-electron chi connectivity index (χ2n) is 5.44. The van der Waals surface area contributed by atoms with E-state index in [1.807, 2.05) is 31.2 Å². The molecule has 7 nitrogen and oxygen atoms in total. The largest absolute Gasteiger partial charge is 0.289 e. The number of benzene rings is 1. The van der Waals surface area contributed by atoms with Gasteiger partial charge in [0.2, 0.25) is 5.95 Å². The smallest absolute Gasteiger partial charge is 0.272 e. The molecule has 1 amide bonds. The molecule has 2 aromatic heterocycles. The van der Waals surface area contributed by atoms with Crippen LogP contribution in [0.3, 0.4) is 0 Å². The molecular formula is C17H17FN6O. The Kier molecular flexibility index (Phi) is 4.69. The van der Waals surface area contributed by atoms with Crippen molar-refractivity contribution in [3.63, 3.8) is 0 Å². The van der Waals surface area contributed by atoms with Gasteiger partial charge in [0.25, 0.3) is 5.91 Å². The summed E-state index contributed by atoms with van der Waals surface area (Å²) in [6.45, 7) is 4.20. The van der Waals surface area contributed by atoms with Crippen LogP contribution in [-0.2, 0) is 6.54 Å². The summed E-state index contributed by atoms with van der Waals surface area (Å²) in [6.07, 6.45) is 2.56. The van der Waals surface area contributed by atoms with Crippen molar-refractivity contribution in [3.8, 4) is 11.3 Å². The van der Waals surface area contributed by atoms with Gasteiger partial charge in [0.15, 0.2) is 0 Å². The summed E-state index contributed by atoms with van der Waals surface area (Å²) in [6, 6.07) is 9.43. The lowest BCUT2D eigenvalue weighted by atomic mass is 10.1. The molecule has 0 bridgehead atoms. The van der Waals surface area contributed by atoms with Crippen molar-refractivity contribution in [3.05, 3.63) is 59.3 Å². The highest BCUT2D eigenvalue weighted by Gasteiger charge is 2.11. The van der Waals surface area contributed by atoms with Gasteiger partial charge in [-0.25, -0.2) is 10.1 Å². The van der Waals surface area contributed by atoms with E-state index in [9.17, 15) is 9.18 Å². The lowest BCUT2D eigenvalue weighted by molar-refractivity contribution is 0.0950. The number of nitrogens with one attached hydrogen (secondary N) is 2. The van der Waals surface area contributed by atoms with Crippen molar-refractivity contribution in [1.82, 2.24) is 25.4 Å². The number of aromatic nitrogens is 4. The minimum Gasteiger partial charge on any atom is -0.272 e. The van der Waals surface area contributed by atoms with E-state index in [4.69, 9.17) is 0 Å². The Morgan fingerprint density at radius 3 is 2.84 bits per heavy atom. The number of carbonyl (C=O) groups is 1. The van der Waals surface area contributed by atoms with Crippen molar-refractivity contribution in [2.75, 3.05) is 0 Å². The fourth-order valence-electron chi connectivity index (χ4n) is 2.22. The second kappa shape index (κ2) is 7.08. The summed E-state index contributed by atoms with van der Waals surface area (Å²) >= 11 is 0.